The quantitative estimate of drug-likeness (QED) is 0.376. The van der Waals surface area contributed by atoms with Gasteiger partial charge in [-0.15, -0.1) is 0 Å². The predicted octanol–water partition coefficient (Wildman–Crippen LogP) is 5.00. The first kappa shape index (κ1) is 22.8. The Bertz CT molecular complexity index is 1250. The number of nitrogens with one attached hydrogen (secondary N) is 1. The molecular weight excluding hydrogens is 434 g/mol. The Hall–Kier alpha value is -4.33. The van der Waals surface area contributed by atoms with Crippen molar-refractivity contribution < 1.29 is 23.5 Å². The summed E-state index contributed by atoms with van der Waals surface area (Å²) in [7, 11) is 1.60. The number of rotatable bonds is 9. The van der Waals surface area contributed by atoms with Crippen molar-refractivity contribution >= 4 is 5.91 Å². The van der Waals surface area contributed by atoms with E-state index in [2.05, 4.69) is 15.5 Å². The van der Waals surface area contributed by atoms with Crippen LogP contribution in [0, 0.1) is 13.8 Å². The summed E-state index contributed by atoms with van der Waals surface area (Å²) in [5.41, 5.74) is 2.92. The van der Waals surface area contributed by atoms with Gasteiger partial charge in [-0.1, -0.05) is 29.4 Å². The fraction of sp³-hybridized carbons (Fsp3) is 0.192. The lowest BCUT2D eigenvalue weighted by atomic mass is 10.1. The van der Waals surface area contributed by atoms with Gasteiger partial charge < -0.3 is 24.1 Å². The molecule has 2 heterocycles. The minimum absolute atomic E-state index is 0.244. The highest BCUT2D eigenvalue weighted by atomic mass is 16.5. The van der Waals surface area contributed by atoms with Gasteiger partial charge in [0.25, 0.3) is 5.91 Å². The second kappa shape index (κ2) is 10.5. The van der Waals surface area contributed by atoms with Gasteiger partial charge in [0.15, 0.2) is 0 Å². The van der Waals surface area contributed by atoms with Gasteiger partial charge in [0.1, 0.15) is 29.6 Å². The minimum Gasteiger partial charge on any atom is -0.497 e. The number of hydrogen-bond donors (Lipinski definition) is 1. The van der Waals surface area contributed by atoms with E-state index >= 15 is 0 Å². The molecule has 1 N–H and O–H groups in total. The Morgan fingerprint density at radius 3 is 2.59 bits per heavy atom. The molecular formula is C26H25N3O5. The van der Waals surface area contributed by atoms with E-state index in [1.165, 1.54) is 0 Å². The monoisotopic (exact) mass is 459 g/mol. The van der Waals surface area contributed by atoms with Crippen LogP contribution < -0.4 is 19.5 Å². The standard InChI is InChI=1S/C26H25N3O5/c1-17-23(18(2)34-29-17)16-32-24-10-5-4-9-22(24)26(30)28-15-19-11-12-25(27-14-19)33-21-8-6-7-20(13-21)31-3/h4-14H,15-16H2,1-3H3,(H,28,30). The van der Waals surface area contributed by atoms with E-state index in [0.29, 0.717) is 41.0 Å². The van der Waals surface area contributed by atoms with Gasteiger partial charge in [-0.05, 0) is 43.7 Å². The fourth-order valence-electron chi connectivity index (χ4n) is 3.28. The van der Waals surface area contributed by atoms with Crippen molar-refractivity contribution in [2.75, 3.05) is 7.11 Å². The van der Waals surface area contributed by atoms with Crippen LogP contribution in [-0.4, -0.2) is 23.2 Å². The molecule has 2 aromatic heterocycles. The summed E-state index contributed by atoms with van der Waals surface area (Å²) in [6, 6.07) is 18.0. The smallest absolute Gasteiger partial charge is 0.255 e. The molecule has 0 aliphatic heterocycles. The zero-order valence-corrected chi connectivity index (χ0v) is 19.2. The molecule has 0 atom stereocenters. The number of aryl methyl sites for hydroxylation is 2. The SMILES string of the molecule is COc1cccc(Oc2ccc(CNC(=O)c3ccccc3OCc3c(C)noc3C)cn2)c1. The summed E-state index contributed by atoms with van der Waals surface area (Å²) in [5, 5.41) is 6.84. The summed E-state index contributed by atoms with van der Waals surface area (Å²) >= 11 is 0. The van der Waals surface area contributed by atoms with Crippen molar-refractivity contribution in [1.82, 2.24) is 15.5 Å². The fourth-order valence-corrected chi connectivity index (χ4v) is 3.28. The number of pyridine rings is 1. The van der Waals surface area contributed by atoms with Gasteiger partial charge in [-0.2, -0.15) is 0 Å². The lowest BCUT2D eigenvalue weighted by molar-refractivity contribution is 0.0946. The lowest BCUT2D eigenvalue weighted by Gasteiger charge is -2.12. The average Bonchev–Trinajstić information content (AvgIpc) is 3.19. The van der Waals surface area contributed by atoms with Crippen molar-refractivity contribution in [2.45, 2.75) is 27.0 Å². The molecule has 0 radical (unpaired) electrons. The van der Waals surface area contributed by atoms with E-state index in [1.54, 1.807) is 43.6 Å². The summed E-state index contributed by atoms with van der Waals surface area (Å²) < 4.78 is 22.0. The molecule has 0 bridgehead atoms. The van der Waals surface area contributed by atoms with Crippen molar-refractivity contribution in [3.8, 4) is 23.1 Å². The molecule has 0 saturated heterocycles. The molecule has 0 unspecified atom stereocenters. The number of methoxy groups -OCH3 is 1. The van der Waals surface area contributed by atoms with E-state index < -0.39 is 0 Å². The molecule has 4 aromatic rings. The van der Waals surface area contributed by atoms with Crippen LogP contribution in [-0.2, 0) is 13.2 Å². The van der Waals surface area contributed by atoms with E-state index in [-0.39, 0.29) is 12.5 Å². The minimum atomic E-state index is -0.244. The maximum absolute atomic E-state index is 12.8. The Kier molecular flexibility index (Phi) is 7.07. The highest BCUT2D eigenvalue weighted by Crippen LogP contribution is 2.24. The van der Waals surface area contributed by atoms with E-state index in [9.17, 15) is 4.79 Å². The van der Waals surface area contributed by atoms with Crippen molar-refractivity contribution in [3.63, 3.8) is 0 Å². The maximum atomic E-state index is 12.8. The first-order chi connectivity index (χ1) is 16.5. The van der Waals surface area contributed by atoms with E-state index in [4.69, 9.17) is 18.7 Å². The largest absolute Gasteiger partial charge is 0.497 e. The Morgan fingerprint density at radius 2 is 1.85 bits per heavy atom. The first-order valence-corrected chi connectivity index (χ1v) is 10.7. The molecule has 1 amide bonds. The van der Waals surface area contributed by atoms with Crippen LogP contribution in [0.1, 0.15) is 32.9 Å². The van der Waals surface area contributed by atoms with Crippen LogP contribution in [0.4, 0.5) is 0 Å². The molecule has 0 fully saturated rings. The number of aromatic nitrogens is 2. The molecule has 0 spiro atoms. The van der Waals surface area contributed by atoms with Crippen LogP contribution in [0.5, 0.6) is 23.1 Å². The molecule has 8 nitrogen and oxygen atoms in total. The number of carbonyl (C=O) groups excluding carboxylic acids is 1. The van der Waals surface area contributed by atoms with Crippen LogP contribution in [0.15, 0.2) is 71.4 Å². The Morgan fingerprint density at radius 1 is 1.03 bits per heavy atom. The van der Waals surface area contributed by atoms with Crippen LogP contribution in [0.3, 0.4) is 0 Å². The van der Waals surface area contributed by atoms with Gasteiger partial charge >= 0.3 is 0 Å². The topological polar surface area (TPSA) is 95.7 Å². The highest BCUT2D eigenvalue weighted by molar-refractivity contribution is 5.96. The summed E-state index contributed by atoms with van der Waals surface area (Å²) in [4.78, 5) is 17.1. The predicted molar refractivity (Wildman–Crippen MR) is 125 cm³/mol. The molecule has 0 aliphatic carbocycles. The van der Waals surface area contributed by atoms with Gasteiger partial charge in [0.05, 0.1) is 23.9 Å². The van der Waals surface area contributed by atoms with Crippen molar-refractivity contribution in [3.05, 3.63) is 95.0 Å². The molecule has 0 aliphatic rings. The number of amides is 1. The molecule has 2 aromatic carbocycles. The maximum Gasteiger partial charge on any atom is 0.255 e. The van der Waals surface area contributed by atoms with Gasteiger partial charge in [-0.25, -0.2) is 4.98 Å². The summed E-state index contributed by atoms with van der Waals surface area (Å²) in [6.45, 7) is 4.26. The first-order valence-electron chi connectivity index (χ1n) is 10.7. The third kappa shape index (κ3) is 5.53. The van der Waals surface area contributed by atoms with Gasteiger partial charge in [0, 0.05) is 24.9 Å². The van der Waals surface area contributed by atoms with Crippen LogP contribution in [0.2, 0.25) is 0 Å². The number of benzene rings is 2. The molecule has 0 saturated carbocycles. The Balaban J connectivity index is 1.35. The van der Waals surface area contributed by atoms with Gasteiger partial charge in [-0.3, -0.25) is 4.79 Å². The number of ether oxygens (including phenoxy) is 3. The lowest BCUT2D eigenvalue weighted by Crippen LogP contribution is -2.23. The summed E-state index contributed by atoms with van der Waals surface area (Å²) in [5.74, 6) is 2.72. The van der Waals surface area contributed by atoms with E-state index in [0.717, 1.165) is 16.8 Å². The van der Waals surface area contributed by atoms with Gasteiger partial charge in [0.2, 0.25) is 5.88 Å². The number of carbonyl (C=O) groups is 1. The summed E-state index contributed by atoms with van der Waals surface area (Å²) in [6.07, 6.45) is 1.66. The zero-order chi connectivity index (χ0) is 23.9. The number of para-hydroxylation sites is 1. The third-order valence-electron chi connectivity index (χ3n) is 5.20. The van der Waals surface area contributed by atoms with Crippen molar-refractivity contribution in [2.24, 2.45) is 0 Å². The van der Waals surface area contributed by atoms with Crippen LogP contribution in [0.25, 0.3) is 0 Å². The average molecular weight is 460 g/mol. The van der Waals surface area contributed by atoms with E-state index in [1.807, 2.05) is 44.2 Å². The zero-order valence-electron chi connectivity index (χ0n) is 19.2. The highest BCUT2D eigenvalue weighted by Gasteiger charge is 2.15. The van der Waals surface area contributed by atoms with Crippen molar-refractivity contribution in [1.29, 1.82) is 0 Å². The second-order valence-electron chi connectivity index (χ2n) is 7.56. The molecule has 174 valence electrons. The Labute approximate surface area is 197 Å². The molecule has 34 heavy (non-hydrogen) atoms. The second-order valence-corrected chi connectivity index (χ2v) is 7.56. The molecule has 4 rings (SSSR count). The van der Waals surface area contributed by atoms with Crippen LogP contribution >= 0.6 is 0 Å². The third-order valence-corrected chi connectivity index (χ3v) is 5.20. The number of nitrogens with zero attached hydrogens (tertiary/aromatic N) is 2. The molecule has 8 heteroatoms. The normalized spacial score (nSPS) is 10.6. The number of hydrogen-bond acceptors (Lipinski definition) is 7.